The number of morpholine rings is 1. The van der Waals surface area contributed by atoms with Gasteiger partial charge in [-0.2, -0.15) is 0 Å². The Balaban J connectivity index is 0.000000261. The largest absolute Gasteiger partial charge is 0.379 e. The van der Waals surface area contributed by atoms with Crippen molar-refractivity contribution in [3.63, 3.8) is 0 Å². The van der Waals surface area contributed by atoms with Gasteiger partial charge in [-0.05, 0) is 158 Å². The maximum absolute atomic E-state index is 12.4. The van der Waals surface area contributed by atoms with Gasteiger partial charge in [0.1, 0.15) is 0 Å². The summed E-state index contributed by atoms with van der Waals surface area (Å²) in [5.74, 6) is -1.25. The average Bonchev–Trinajstić information content (AvgIpc) is 1.11. The molecule has 0 spiro atoms. The van der Waals surface area contributed by atoms with E-state index in [1.807, 2.05) is 137 Å². The molecule has 110 heavy (non-hydrogen) atoms. The number of nitro benzene ring substituents is 4. The zero-order valence-electron chi connectivity index (χ0n) is 62.3. The van der Waals surface area contributed by atoms with Crippen LogP contribution in [0.3, 0.4) is 0 Å². The van der Waals surface area contributed by atoms with Gasteiger partial charge in [-0.15, -0.1) is 24.8 Å². The molecule has 10 rings (SSSR count). The van der Waals surface area contributed by atoms with Crippen LogP contribution in [0.1, 0.15) is 90.4 Å². The monoisotopic (exact) mass is 1620 g/mol. The highest BCUT2D eigenvalue weighted by Crippen LogP contribution is 2.39. The molecule has 588 valence electrons. The molecule has 6 N–H and O–H groups in total. The highest BCUT2D eigenvalue weighted by atomic mass is 35.5. The van der Waals surface area contributed by atoms with Crippen molar-refractivity contribution in [1.82, 2.24) is 36.0 Å². The Morgan fingerprint density at radius 1 is 0.464 bits per heavy atom. The molecule has 0 aromatic heterocycles. The van der Waals surface area contributed by atoms with Crippen LogP contribution in [0.25, 0.3) is 0 Å². The van der Waals surface area contributed by atoms with E-state index in [0.29, 0.717) is 83.2 Å². The van der Waals surface area contributed by atoms with Gasteiger partial charge in [-0.25, -0.2) is 0 Å². The van der Waals surface area contributed by atoms with E-state index < -0.39 is 19.7 Å². The van der Waals surface area contributed by atoms with Gasteiger partial charge in [-0.3, -0.25) is 64.5 Å². The third-order valence-electron chi connectivity index (χ3n) is 16.9. The molecule has 8 aromatic rings. The smallest absolute Gasteiger partial charge is 0.284 e. The van der Waals surface area contributed by atoms with Crippen LogP contribution >= 0.6 is 71.9 Å². The predicted octanol–water partition coefficient (Wildman–Crippen LogP) is 14.7. The molecule has 8 aromatic carbocycles. The van der Waals surface area contributed by atoms with E-state index >= 15 is 0 Å². The molecule has 2 aliphatic heterocycles. The van der Waals surface area contributed by atoms with E-state index in [1.54, 1.807) is 48.5 Å². The summed E-state index contributed by atoms with van der Waals surface area (Å²) < 4.78 is 10.8. The van der Waals surface area contributed by atoms with Gasteiger partial charge >= 0.3 is 0 Å². The summed E-state index contributed by atoms with van der Waals surface area (Å²) in [4.78, 5) is 105. The third kappa shape index (κ3) is 30.7. The Bertz CT molecular complexity index is 4330. The summed E-state index contributed by atoms with van der Waals surface area (Å²) >= 11 is 5.25. The fourth-order valence-corrected chi connectivity index (χ4v) is 14.2. The number of nitrogens with one attached hydrogen (secondary N) is 4. The molecule has 2 heterocycles. The SMILES string of the molecule is CCN(CC)CCNC(=O)c1ccc(Sc2ccc(C)cc2)c([N+](=O)[O-])c1.Cc1ccc(Sc2ccc(C(=O)NCC3CCCO3)cc2[N+](=O)[O-])cc1.Cc1ccc(Sc2ccc(C(=O)NCCN(C)CCN)cc2[N+](=O)[O-])cc1.Cc1ccc(Sc2ccc(C(=O)NCCN3CCOCC3)cc2[N+](=O)[O-])cc1.Cl.Cl. The maximum Gasteiger partial charge on any atom is 0.284 e. The first-order valence-electron chi connectivity index (χ1n) is 35.2. The molecule has 0 radical (unpaired) electrons. The molecule has 1 atom stereocenters. The summed E-state index contributed by atoms with van der Waals surface area (Å²) in [7, 11) is 1.92. The molecule has 2 fully saturated rings. The number of ether oxygens (including phenoxy) is 2. The van der Waals surface area contributed by atoms with Gasteiger partial charge < -0.3 is 46.3 Å². The van der Waals surface area contributed by atoms with Gasteiger partial charge in [0, 0.05) is 145 Å². The van der Waals surface area contributed by atoms with Gasteiger partial charge in [0.15, 0.2) is 0 Å². The quantitative estimate of drug-likeness (QED) is 0.0199. The van der Waals surface area contributed by atoms with E-state index in [0.717, 1.165) is 107 Å². The minimum Gasteiger partial charge on any atom is -0.379 e. The molecule has 0 aliphatic carbocycles. The Kier molecular flexibility index (Phi) is 39.9. The van der Waals surface area contributed by atoms with Crippen molar-refractivity contribution in [2.45, 2.75) is 99.7 Å². The number of hydrogen-bond donors (Lipinski definition) is 5. The van der Waals surface area contributed by atoms with Gasteiger partial charge in [0.25, 0.3) is 46.4 Å². The minimum atomic E-state index is -0.456. The van der Waals surface area contributed by atoms with Gasteiger partial charge in [0.05, 0.1) is 58.6 Å². The van der Waals surface area contributed by atoms with Crippen molar-refractivity contribution in [2.75, 3.05) is 112 Å². The Morgan fingerprint density at radius 3 is 1.08 bits per heavy atom. The van der Waals surface area contributed by atoms with Crippen LogP contribution < -0.4 is 27.0 Å². The second-order valence-electron chi connectivity index (χ2n) is 25.1. The second-order valence-corrected chi connectivity index (χ2v) is 29.6. The number of carbonyl (C=O) groups excluding carboxylic acids is 4. The van der Waals surface area contributed by atoms with E-state index in [2.05, 4.69) is 44.9 Å². The van der Waals surface area contributed by atoms with Crippen LogP contribution in [-0.2, 0) is 9.47 Å². The highest BCUT2D eigenvalue weighted by molar-refractivity contribution is 8.00. The lowest BCUT2D eigenvalue weighted by Gasteiger charge is -2.26. The van der Waals surface area contributed by atoms with E-state index in [9.17, 15) is 59.6 Å². The number of nitrogens with two attached hydrogens (primary N) is 1. The first-order chi connectivity index (χ1) is 51.9. The topological polar surface area (TPSA) is 343 Å². The van der Waals surface area contributed by atoms with Crippen LogP contribution in [0.2, 0.25) is 0 Å². The number of likely N-dealkylation sites (N-methyl/N-ethyl adjacent to an activating group) is 2. The van der Waals surface area contributed by atoms with Crippen molar-refractivity contribution >= 4 is 118 Å². The van der Waals surface area contributed by atoms with Crippen molar-refractivity contribution in [3.05, 3.63) is 255 Å². The van der Waals surface area contributed by atoms with Crippen molar-refractivity contribution in [1.29, 1.82) is 0 Å². The van der Waals surface area contributed by atoms with Crippen LogP contribution in [-0.4, -0.2) is 176 Å². The number of nitrogens with zero attached hydrogens (tertiary/aromatic N) is 7. The standard InChI is InChI=1S/C20H23N3O4S.C20H25N3O3S.C19H24N4O3S.C19H20N2O4S.2ClH/c1-15-2-5-17(6-3-15)28-19-7-4-16(14-18(19)23(25)26)20(24)21-8-9-22-10-12-27-13-11-22;1-4-22(5-2)13-12-21-20(24)16-8-11-19(18(14-16)23(25)26)27-17-9-6-15(3)7-10-17;1-14-3-6-16(7-4-14)27-18-8-5-15(13-17(18)23(25)26)19(24)21-10-12-22(2)11-9-20;1-13-4-7-16(8-5-13)26-18-9-6-14(11-17(18)21(23)24)19(22)20-12-15-3-2-10-25-15;;/h2-7,14H,8-13H2,1H3,(H,21,24);6-11,14H,4-5,12-13H2,1-3H3,(H,21,24);3-8,13H,9-12,20H2,1-2H3,(H,21,24);4-9,11,15H,2-3,10,12H2,1H3,(H,20,22);2*1H. The first kappa shape index (κ1) is 91.6. The molecule has 4 amide bonds. The molecule has 2 saturated heterocycles. The van der Waals surface area contributed by atoms with Crippen LogP contribution in [0.15, 0.2) is 209 Å². The zero-order chi connectivity index (χ0) is 78.1. The van der Waals surface area contributed by atoms with Crippen LogP contribution in [0, 0.1) is 68.2 Å². The fraction of sp³-hybridized carbons (Fsp3) is 0.333. The van der Waals surface area contributed by atoms with E-state index in [4.69, 9.17) is 15.2 Å². The number of carbonyl (C=O) groups is 4. The molecule has 32 heteroatoms. The summed E-state index contributed by atoms with van der Waals surface area (Å²) in [6.45, 7) is 23.1. The summed E-state index contributed by atoms with van der Waals surface area (Å²) in [5, 5.41) is 57.1. The molecule has 2 aliphatic rings. The zero-order valence-corrected chi connectivity index (χ0v) is 67.2. The van der Waals surface area contributed by atoms with Crippen molar-refractivity contribution in [2.24, 2.45) is 5.73 Å². The number of benzene rings is 8. The normalized spacial score (nSPS) is 12.9. The van der Waals surface area contributed by atoms with Gasteiger partial charge in [-0.1, -0.05) is 132 Å². The van der Waals surface area contributed by atoms with Crippen LogP contribution in [0.5, 0.6) is 0 Å². The number of amides is 4. The predicted molar refractivity (Wildman–Crippen MR) is 438 cm³/mol. The molecular formula is C78H94Cl2N12O14S4. The molecule has 0 saturated carbocycles. The number of rotatable bonds is 31. The van der Waals surface area contributed by atoms with Crippen LogP contribution in [0.4, 0.5) is 22.7 Å². The van der Waals surface area contributed by atoms with E-state index in [-0.39, 0.29) is 88.4 Å². The van der Waals surface area contributed by atoms with E-state index in [1.165, 1.54) is 71.3 Å². The average molecular weight is 1620 g/mol. The molecule has 26 nitrogen and oxygen atoms in total. The third-order valence-corrected chi connectivity index (χ3v) is 21.2. The number of hydrogen-bond acceptors (Lipinski definition) is 22. The molecular weight excluding hydrogens is 1530 g/mol. The number of aryl methyl sites for hydroxylation is 4. The minimum absolute atomic E-state index is 0. The molecule has 1 unspecified atom stereocenters. The number of halogens is 2. The highest BCUT2D eigenvalue weighted by Gasteiger charge is 2.25. The first-order valence-corrected chi connectivity index (χ1v) is 38.4. The van der Waals surface area contributed by atoms with Crippen molar-refractivity contribution in [3.8, 4) is 0 Å². The maximum atomic E-state index is 12.4. The lowest BCUT2D eigenvalue weighted by atomic mass is 10.2. The van der Waals surface area contributed by atoms with Gasteiger partial charge in [0.2, 0.25) is 0 Å². The second kappa shape index (κ2) is 47.9. The lowest BCUT2D eigenvalue weighted by Crippen LogP contribution is -2.41. The van der Waals surface area contributed by atoms with Crippen molar-refractivity contribution < 1.29 is 48.3 Å². The fourth-order valence-electron chi connectivity index (χ4n) is 10.6. The Labute approximate surface area is 670 Å². The summed E-state index contributed by atoms with van der Waals surface area (Å²) in [5.41, 5.74) is 10.9. The number of nitro groups is 4. The lowest BCUT2D eigenvalue weighted by molar-refractivity contribution is -0.387. The Morgan fingerprint density at radius 2 is 0.782 bits per heavy atom. The molecule has 0 bridgehead atoms. The Hall–Kier alpha value is -9.02. The summed E-state index contributed by atoms with van der Waals surface area (Å²) in [6, 6.07) is 49.5. The summed E-state index contributed by atoms with van der Waals surface area (Å²) in [6.07, 6.45) is 1.95.